The normalized spacial score (nSPS) is 17.4. The number of carbonyl (C=O) groups excluding carboxylic acids is 1. The predicted molar refractivity (Wildman–Crippen MR) is 102 cm³/mol. The Kier molecular flexibility index (Phi) is 7.02. The van der Waals surface area contributed by atoms with Crippen LogP contribution < -0.4 is 5.32 Å². The number of hydrogen-bond donors (Lipinski definition) is 1. The molecule has 0 radical (unpaired) electrons. The lowest BCUT2D eigenvalue weighted by Crippen LogP contribution is -2.30. The summed E-state index contributed by atoms with van der Waals surface area (Å²) in [6.45, 7) is 6.03. The van der Waals surface area contributed by atoms with E-state index in [0.717, 1.165) is 23.0 Å². The zero-order chi connectivity index (χ0) is 17.7. The maximum atomic E-state index is 12.4. The topological polar surface area (TPSA) is 50.7 Å². The molecular formula is C17H20Cl2N2O2S. The molecule has 4 nitrogen and oxygen atoms in total. The average Bonchev–Trinajstić information content (AvgIpc) is 2.55. The summed E-state index contributed by atoms with van der Waals surface area (Å²) in [5, 5.41) is 4.80. The van der Waals surface area contributed by atoms with E-state index in [2.05, 4.69) is 12.2 Å². The molecule has 1 aromatic carbocycles. The smallest absolute Gasteiger partial charge is 0.338 e. The summed E-state index contributed by atoms with van der Waals surface area (Å²) in [6.07, 6.45) is 1.03. The van der Waals surface area contributed by atoms with Gasteiger partial charge in [-0.2, -0.15) is 0 Å². The molecule has 130 valence electrons. The molecule has 1 aliphatic heterocycles. The number of esters is 1. The van der Waals surface area contributed by atoms with Gasteiger partial charge in [-0.1, -0.05) is 54.0 Å². The first-order valence-electron chi connectivity index (χ1n) is 7.79. The molecule has 0 saturated heterocycles. The second-order valence-corrected chi connectivity index (χ2v) is 7.08. The van der Waals surface area contributed by atoms with Gasteiger partial charge in [0.2, 0.25) is 0 Å². The lowest BCUT2D eigenvalue weighted by molar-refractivity contribution is -0.138. The van der Waals surface area contributed by atoms with Gasteiger partial charge in [-0.25, -0.2) is 9.79 Å². The molecule has 0 bridgehead atoms. The van der Waals surface area contributed by atoms with E-state index in [1.807, 2.05) is 13.0 Å². The van der Waals surface area contributed by atoms with Gasteiger partial charge in [0.1, 0.15) is 6.04 Å². The minimum absolute atomic E-state index is 0.298. The molecule has 0 aromatic heterocycles. The third kappa shape index (κ3) is 4.26. The van der Waals surface area contributed by atoms with Crippen LogP contribution in [0.1, 0.15) is 38.8 Å². The molecule has 1 aliphatic rings. The van der Waals surface area contributed by atoms with E-state index < -0.39 is 12.0 Å². The van der Waals surface area contributed by atoms with Crippen LogP contribution >= 0.6 is 35.0 Å². The number of thioether (sulfide) groups is 1. The monoisotopic (exact) mass is 386 g/mol. The molecule has 0 aliphatic carbocycles. The fraction of sp³-hybridized carbons (Fsp3) is 0.412. The molecule has 0 fully saturated rings. The summed E-state index contributed by atoms with van der Waals surface area (Å²) < 4.78 is 5.20. The number of nitrogens with one attached hydrogen (secondary N) is 1. The average molecular weight is 387 g/mol. The van der Waals surface area contributed by atoms with Gasteiger partial charge < -0.3 is 10.1 Å². The van der Waals surface area contributed by atoms with Crippen LogP contribution in [0.3, 0.4) is 0 Å². The van der Waals surface area contributed by atoms with Crippen molar-refractivity contribution in [2.45, 2.75) is 33.2 Å². The van der Waals surface area contributed by atoms with Gasteiger partial charge in [-0.05, 0) is 26.3 Å². The Balaban J connectivity index is 2.49. The Morgan fingerprint density at radius 3 is 2.79 bits per heavy atom. The lowest BCUT2D eigenvalue weighted by atomic mass is 9.96. The van der Waals surface area contributed by atoms with Gasteiger partial charge in [-0.15, -0.1) is 0 Å². The molecular weight excluding hydrogens is 367 g/mol. The number of rotatable bonds is 5. The van der Waals surface area contributed by atoms with E-state index in [1.165, 1.54) is 0 Å². The summed E-state index contributed by atoms with van der Waals surface area (Å²) in [6, 6.07) is 4.82. The van der Waals surface area contributed by atoms with Crippen LogP contribution in [0.25, 0.3) is 0 Å². The molecule has 0 amide bonds. The number of benzene rings is 1. The van der Waals surface area contributed by atoms with E-state index in [1.54, 1.807) is 30.8 Å². The van der Waals surface area contributed by atoms with Gasteiger partial charge in [0.25, 0.3) is 0 Å². The Hall–Kier alpha value is -1.17. The van der Waals surface area contributed by atoms with Crippen molar-refractivity contribution in [2.24, 2.45) is 4.99 Å². The predicted octanol–water partition coefficient (Wildman–Crippen LogP) is 4.97. The van der Waals surface area contributed by atoms with Gasteiger partial charge >= 0.3 is 5.97 Å². The van der Waals surface area contributed by atoms with Crippen molar-refractivity contribution < 1.29 is 9.53 Å². The van der Waals surface area contributed by atoms with Crippen molar-refractivity contribution >= 4 is 46.1 Å². The molecule has 1 N–H and O–H groups in total. The summed E-state index contributed by atoms with van der Waals surface area (Å²) >= 11 is 14.1. The van der Waals surface area contributed by atoms with Gasteiger partial charge in [0.05, 0.1) is 22.2 Å². The number of halogens is 2. The van der Waals surface area contributed by atoms with Crippen molar-refractivity contribution in [2.75, 3.05) is 12.4 Å². The summed E-state index contributed by atoms with van der Waals surface area (Å²) in [5.41, 5.74) is 1.88. The molecule has 2 rings (SSSR count). The number of carbonyl (C=O) groups is 1. The van der Waals surface area contributed by atoms with Gasteiger partial charge in [0.15, 0.2) is 5.17 Å². The van der Waals surface area contributed by atoms with E-state index in [-0.39, 0.29) is 0 Å². The summed E-state index contributed by atoms with van der Waals surface area (Å²) in [4.78, 5) is 17.1. The summed E-state index contributed by atoms with van der Waals surface area (Å²) in [5.74, 6) is 0.538. The second kappa shape index (κ2) is 8.79. The van der Waals surface area contributed by atoms with E-state index in [0.29, 0.717) is 27.8 Å². The van der Waals surface area contributed by atoms with Gasteiger partial charge in [-0.3, -0.25) is 0 Å². The first-order valence-corrected chi connectivity index (χ1v) is 9.53. The fourth-order valence-corrected chi connectivity index (χ4v) is 3.56. The molecule has 7 heteroatoms. The van der Waals surface area contributed by atoms with Crippen LogP contribution in [-0.4, -0.2) is 23.5 Å². The number of aliphatic imine (C=N–C) groups is 1. The number of hydrogen-bond acceptors (Lipinski definition) is 5. The maximum absolute atomic E-state index is 12.4. The van der Waals surface area contributed by atoms with Crippen LogP contribution in [0.5, 0.6) is 0 Å². The highest BCUT2D eigenvalue weighted by molar-refractivity contribution is 8.13. The third-order valence-corrected chi connectivity index (χ3v) is 5.36. The molecule has 0 saturated carbocycles. The van der Waals surface area contributed by atoms with E-state index >= 15 is 0 Å². The van der Waals surface area contributed by atoms with Crippen LogP contribution in [0.4, 0.5) is 0 Å². The largest absolute Gasteiger partial charge is 0.463 e. The van der Waals surface area contributed by atoms with Crippen molar-refractivity contribution in [3.63, 3.8) is 0 Å². The Morgan fingerprint density at radius 2 is 2.12 bits per heavy atom. The van der Waals surface area contributed by atoms with Crippen LogP contribution in [0, 0.1) is 0 Å². The standard InChI is InChI=1S/C17H20Cl2N2O2S/c1-4-9-24-17-20-10(3)13(16(22)23-5-2)15(21-17)11-7-6-8-12(18)14(11)19/h6-8,15H,4-5,9H2,1-3H3,(H,20,21)/t15-/m0/s1. The zero-order valence-electron chi connectivity index (χ0n) is 13.9. The number of ether oxygens (including phenoxy) is 1. The second-order valence-electron chi connectivity index (χ2n) is 5.21. The van der Waals surface area contributed by atoms with E-state index in [9.17, 15) is 4.79 Å². The minimum Gasteiger partial charge on any atom is -0.463 e. The maximum Gasteiger partial charge on any atom is 0.338 e. The highest BCUT2D eigenvalue weighted by atomic mass is 35.5. The Labute approximate surface area is 156 Å². The highest BCUT2D eigenvalue weighted by Crippen LogP contribution is 2.38. The summed E-state index contributed by atoms with van der Waals surface area (Å²) in [7, 11) is 0. The molecule has 0 spiro atoms. The van der Waals surface area contributed by atoms with Crippen molar-refractivity contribution in [1.29, 1.82) is 0 Å². The quantitative estimate of drug-likeness (QED) is 0.725. The van der Waals surface area contributed by atoms with Crippen LogP contribution in [-0.2, 0) is 9.53 Å². The third-order valence-electron chi connectivity index (χ3n) is 3.43. The van der Waals surface area contributed by atoms with Crippen molar-refractivity contribution in [3.05, 3.63) is 45.1 Å². The molecule has 1 atom stereocenters. The minimum atomic E-state index is -0.532. The first-order chi connectivity index (χ1) is 11.5. The number of allylic oxidation sites excluding steroid dienone is 1. The fourth-order valence-electron chi connectivity index (χ4n) is 2.35. The van der Waals surface area contributed by atoms with Crippen LogP contribution in [0.15, 0.2) is 34.5 Å². The molecule has 1 aromatic rings. The van der Waals surface area contributed by atoms with E-state index in [4.69, 9.17) is 32.9 Å². The SMILES string of the molecule is CCCSC1=N[C@@H](c2cccc(Cl)c2Cl)C(C(=O)OCC)=C(C)N1. The molecule has 0 unspecified atom stereocenters. The Morgan fingerprint density at radius 1 is 1.38 bits per heavy atom. The van der Waals surface area contributed by atoms with Crippen molar-refractivity contribution in [1.82, 2.24) is 5.32 Å². The number of nitrogens with zero attached hydrogens (tertiary/aromatic N) is 1. The zero-order valence-corrected chi connectivity index (χ0v) is 16.2. The lowest BCUT2D eigenvalue weighted by Gasteiger charge is -2.26. The molecule has 1 heterocycles. The Bertz CT molecular complexity index is 689. The first kappa shape index (κ1) is 19.2. The van der Waals surface area contributed by atoms with Crippen LogP contribution in [0.2, 0.25) is 10.0 Å². The molecule has 24 heavy (non-hydrogen) atoms. The highest BCUT2D eigenvalue weighted by Gasteiger charge is 2.32. The van der Waals surface area contributed by atoms with Crippen molar-refractivity contribution in [3.8, 4) is 0 Å². The number of amidine groups is 1. The van der Waals surface area contributed by atoms with Gasteiger partial charge in [0, 0.05) is 17.0 Å².